The molecule has 0 unspecified atom stereocenters. The summed E-state index contributed by atoms with van der Waals surface area (Å²) in [6.07, 6.45) is 6.82. The molecule has 1 aliphatic heterocycles. The van der Waals surface area contributed by atoms with Gasteiger partial charge in [-0.05, 0) is 35.7 Å². The fraction of sp³-hybridized carbons (Fsp3) is 0.280. The molecule has 3 heterocycles. The van der Waals surface area contributed by atoms with Gasteiger partial charge < -0.3 is 10.2 Å². The van der Waals surface area contributed by atoms with E-state index in [1.54, 1.807) is 23.5 Å². The van der Waals surface area contributed by atoms with Crippen molar-refractivity contribution >= 4 is 11.8 Å². The number of piperazine rings is 1. The molecule has 4 rings (SSSR count). The quantitative estimate of drug-likeness (QED) is 0.652. The summed E-state index contributed by atoms with van der Waals surface area (Å²) in [6.45, 7) is 3.38. The van der Waals surface area contributed by atoms with Crippen LogP contribution in [0.15, 0.2) is 73.3 Å². The largest absolute Gasteiger partial charge is 0.350 e. The highest BCUT2D eigenvalue weighted by molar-refractivity contribution is 5.95. The molecule has 1 aromatic carbocycles. The maximum atomic E-state index is 13.2. The first-order valence-corrected chi connectivity index (χ1v) is 10.7. The number of benzene rings is 1. The highest BCUT2D eigenvalue weighted by Gasteiger charge is 2.40. The number of amides is 2. The van der Waals surface area contributed by atoms with Crippen molar-refractivity contribution in [3.8, 4) is 0 Å². The normalized spacial score (nSPS) is 19.1. The zero-order valence-electron chi connectivity index (χ0n) is 18.3. The zero-order valence-corrected chi connectivity index (χ0v) is 18.3. The average Bonchev–Trinajstić information content (AvgIpc) is 2.82. The van der Waals surface area contributed by atoms with Gasteiger partial charge in [0.25, 0.3) is 5.91 Å². The topological polar surface area (TPSA) is 78.4 Å². The van der Waals surface area contributed by atoms with Crippen molar-refractivity contribution in [1.29, 1.82) is 0 Å². The maximum Gasteiger partial charge on any atom is 0.253 e. The first-order chi connectivity index (χ1) is 15.5. The fourth-order valence-electron chi connectivity index (χ4n) is 4.15. The van der Waals surface area contributed by atoms with Gasteiger partial charge in [-0.15, -0.1) is 0 Å². The lowest BCUT2D eigenvalue weighted by molar-refractivity contribution is -0.144. The number of nitrogens with zero attached hydrogens (tertiary/aromatic N) is 4. The monoisotopic (exact) mass is 429 g/mol. The number of hydrogen-bond acceptors (Lipinski definition) is 5. The third-order valence-corrected chi connectivity index (χ3v) is 5.88. The number of carbonyl (C=O) groups excluding carboxylic acids is 2. The van der Waals surface area contributed by atoms with Crippen molar-refractivity contribution in [2.75, 3.05) is 20.1 Å². The average molecular weight is 430 g/mol. The SMILES string of the molecule is Cc1ccncc1C(=O)NC[C@@H]1CN(C)C(=O)[C@H](c2ccccc2)N1Cc1cccnc1. The third-order valence-electron chi connectivity index (χ3n) is 5.88. The molecule has 1 fully saturated rings. The molecule has 0 spiro atoms. The predicted molar refractivity (Wildman–Crippen MR) is 122 cm³/mol. The summed E-state index contributed by atoms with van der Waals surface area (Å²) in [5.41, 5.74) is 3.39. The summed E-state index contributed by atoms with van der Waals surface area (Å²) < 4.78 is 0. The summed E-state index contributed by atoms with van der Waals surface area (Å²) in [6, 6.07) is 15.0. The molecule has 3 aromatic rings. The van der Waals surface area contributed by atoms with Crippen molar-refractivity contribution in [1.82, 2.24) is 25.1 Å². The second-order valence-electron chi connectivity index (χ2n) is 8.12. The first-order valence-electron chi connectivity index (χ1n) is 10.7. The Kier molecular flexibility index (Phi) is 6.56. The van der Waals surface area contributed by atoms with Crippen molar-refractivity contribution in [3.05, 3.63) is 95.6 Å². The van der Waals surface area contributed by atoms with Crippen LogP contribution in [-0.2, 0) is 11.3 Å². The number of hydrogen-bond donors (Lipinski definition) is 1. The van der Waals surface area contributed by atoms with Gasteiger partial charge in [0.1, 0.15) is 6.04 Å². The Morgan fingerprint density at radius 3 is 2.56 bits per heavy atom. The molecule has 0 radical (unpaired) electrons. The van der Waals surface area contributed by atoms with Crippen molar-refractivity contribution in [2.24, 2.45) is 0 Å². The smallest absolute Gasteiger partial charge is 0.253 e. The molecule has 7 heteroatoms. The molecule has 2 aromatic heterocycles. The van der Waals surface area contributed by atoms with E-state index in [9.17, 15) is 9.59 Å². The van der Waals surface area contributed by atoms with Crippen LogP contribution in [0.2, 0.25) is 0 Å². The lowest BCUT2D eigenvalue weighted by Crippen LogP contribution is -2.59. The molecule has 2 amide bonds. The van der Waals surface area contributed by atoms with E-state index in [1.165, 1.54) is 0 Å². The van der Waals surface area contributed by atoms with Crippen LogP contribution < -0.4 is 5.32 Å². The van der Waals surface area contributed by atoms with Crippen LogP contribution >= 0.6 is 0 Å². The number of aryl methyl sites for hydroxylation is 1. The van der Waals surface area contributed by atoms with Crippen LogP contribution in [-0.4, -0.2) is 57.8 Å². The van der Waals surface area contributed by atoms with Crippen LogP contribution in [0, 0.1) is 6.92 Å². The number of nitrogens with one attached hydrogen (secondary N) is 1. The maximum absolute atomic E-state index is 13.2. The number of pyridine rings is 2. The molecule has 0 aliphatic carbocycles. The highest BCUT2D eigenvalue weighted by Crippen LogP contribution is 2.31. The molecular weight excluding hydrogens is 402 g/mol. The van der Waals surface area contributed by atoms with Crippen LogP contribution in [0.1, 0.15) is 33.1 Å². The molecule has 1 aliphatic rings. The van der Waals surface area contributed by atoms with Crippen LogP contribution in [0.5, 0.6) is 0 Å². The van der Waals surface area contributed by atoms with E-state index in [4.69, 9.17) is 0 Å². The summed E-state index contributed by atoms with van der Waals surface area (Å²) in [7, 11) is 1.82. The third kappa shape index (κ3) is 4.68. The van der Waals surface area contributed by atoms with Gasteiger partial charge in [-0.3, -0.25) is 24.5 Å². The number of aromatic nitrogens is 2. The number of likely N-dealkylation sites (N-methyl/N-ethyl adjacent to an activating group) is 1. The van der Waals surface area contributed by atoms with Crippen LogP contribution in [0.3, 0.4) is 0 Å². The molecule has 164 valence electrons. The Morgan fingerprint density at radius 2 is 1.84 bits per heavy atom. The van der Waals surface area contributed by atoms with Crippen LogP contribution in [0.4, 0.5) is 0 Å². The van der Waals surface area contributed by atoms with Gasteiger partial charge >= 0.3 is 0 Å². The summed E-state index contributed by atoms with van der Waals surface area (Å²) in [5.74, 6) is -0.112. The van der Waals surface area contributed by atoms with E-state index < -0.39 is 6.04 Å². The second kappa shape index (κ2) is 9.70. The lowest BCUT2D eigenvalue weighted by Gasteiger charge is -2.45. The first kappa shape index (κ1) is 21.6. The van der Waals surface area contributed by atoms with Crippen molar-refractivity contribution in [2.45, 2.75) is 25.6 Å². The standard InChI is InChI=1S/C25H27N5O2/c1-18-10-12-27-15-22(18)24(31)28-14-21-17-29(2)25(32)23(20-8-4-3-5-9-20)30(21)16-19-7-6-11-26-13-19/h3-13,15,21,23H,14,16-17H2,1-2H3,(H,28,31)/t21-,23+/m1/s1. The fourth-order valence-corrected chi connectivity index (χ4v) is 4.15. The zero-order chi connectivity index (χ0) is 22.5. The summed E-state index contributed by atoms with van der Waals surface area (Å²) in [5, 5.41) is 3.06. The Morgan fingerprint density at radius 1 is 1.06 bits per heavy atom. The summed E-state index contributed by atoms with van der Waals surface area (Å²) in [4.78, 5) is 38.3. The molecule has 1 N–H and O–H groups in total. The van der Waals surface area contributed by atoms with Gasteiger partial charge in [-0.1, -0.05) is 36.4 Å². The molecule has 0 bridgehead atoms. The Hall–Kier alpha value is -3.58. The number of rotatable bonds is 6. The molecule has 2 atom stereocenters. The van der Waals surface area contributed by atoms with E-state index in [-0.39, 0.29) is 17.9 Å². The van der Waals surface area contributed by atoms with Gasteiger partial charge in [0.05, 0.1) is 5.56 Å². The summed E-state index contributed by atoms with van der Waals surface area (Å²) >= 11 is 0. The number of carbonyl (C=O) groups is 2. The minimum atomic E-state index is -0.433. The van der Waals surface area contributed by atoms with Gasteiger partial charge in [-0.25, -0.2) is 0 Å². The molecule has 7 nitrogen and oxygen atoms in total. The Bertz CT molecular complexity index is 1070. The second-order valence-corrected chi connectivity index (χ2v) is 8.12. The minimum Gasteiger partial charge on any atom is -0.350 e. The Labute approximate surface area is 188 Å². The van der Waals surface area contributed by atoms with E-state index >= 15 is 0 Å². The molecular formula is C25H27N5O2. The minimum absolute atomic E-state index is 0.0470. The van der Waals surface area contributed by atoms with Crippen molar-refractivity contribution < 1.29 is 9.59 Å². The van der Waals surface area contributed by atoms with Gasteiger partial charge in [0.15, 0.2) is 0 Å². The predicted octanol–water partition coefficient (Wildman–Crippen LogP) is 2.60. The van der Waals surface area contributed by atoms with Crippen LogP contribution in [0.25, 0.3) is 0 Å². The van der Waals surface area contributed by atoms with Crippen molar-refractivity contribution in [3.63, 3.8) is 0 Å². The van der Waals surface area contributed by atoms with E-state index in [0.29, 0.717) is 25.2 Å². The van der Waals surface area contributed by atoms with Gasteiger partial charge in [-0.2, -0.15) is 0 Å². The van der Waals surface area contributed by atoms with E-state index in [1.807, 2.05) is 68.7 Å². The molecule has 1 saturated heterocycles. The van der Waals surface area contributed by atoms with E-state index in [0.717, 1.165) is 16.7 Å². The lowest BCUT2D eigenvalue weighted by atomic mass is 9.97. The molecule has 32 heavy (non-hydrogen) atoms. The molecule has 0 saturated carbocycles. The van der Waals surface area contributed by atoms with Gasteiger partial charge in [0, 0.05) is 57.5 Å². The highest BCUT2D eigenvalue weighted by atomic mass is 16.2. The van der Waals surface area contributed by atoms with Gasteiger partial charge in [0.2, 0.25) is 5.91 Å². The van der Waals surface area contributed by atoms with E-state index in [2.05, 4.69) is 20.2 Å². The Balaban J connectivity index is 1.61.